The SMILES string of the molecule is COc1ccc(CN2CCN(CN3C(=O)NC(Cc4ccccc4)(c4ccccc4)C3=O)CC2)cc1. The van der Waals surface area contributed by atoms with Crippen LogP contribution in [0.2, 0.25) is 0 Å². The normalized spacial score (nSPS) is 21.0. The fraction of sp³-hybridized carbons (Fsp3) is 0.310. The molecule has 0 radical (unpaired) electrons. The summed E-state index contributed by atoms with van der Waals surface area (Å²) in [6.07, 6.45) is 0.411. The van der Waals surface area contributed by atoms with E-state index >= 15 is 0 Å². The first-order valence-corrected chi connectivity index (χ1v) is 12.4. The molecule has 36 heavy (non-hydrogen) atoms. The Hall–Kier alpha value is -3.68. The molecule has 3 amide bonds. The number of carbonyl (C=O) groups excluding carboxylic acids is 2. The molecule has 1 atom stereocenters. The Morgan fingerprint density at radius 1 is 0.778 bits per heavy atom. The fourth-order valence-corrected chi connectivity index (χ4v) is 5.07. The van der Waals surface area contributed by atoms with Gasteiger partial charge >= 0.3 is 6.03 Å². The third kappa shape index (κ3) is 4.98. The maximum absolute atomic E-state index is 13.9. The summed E-state index contributed by atoms with van der Waals surface area (Å²) in [4.78, 5) is 33.0. The van der Waals surface area contributed by atoms with Gasteiger partial charge in [0.05, 0.1) is 13.8 Å². The van der Waals surface area contributed by atoms with Crippen molar-refractivity contribution in [1.82, 2.24) is 20.0 Å². The molecule has 0 bridgehead atoms. The van der Waals surface area contributed by atoms with Crippen LogP contribution in [-0.2, 0) is 23.3 Å². The van der Waals surface area contributed by atoms with Gasteiger partial charge in [0.1, 0.15) is 5.75 Å². The molecule has 186 valence electrons. The molecule has 5 rings (SSSR count). The van der Waals surface area contributed by atoms with E-state index in [1.54, 1.807) is 7.11 Å². The zero-order valence-electron chi connectivity index (χ0n) is 20.6. The summed E-state index contributed by atoms with van der Waals surface area (Å²) in [6, 6.07) is 27.3. The zero-order chi connectivity index (χ0) is 25.0. The second-order valence-electron chi connectivity index (χ2n) is 9.48. The van der Waals surface area contributed by atoms with Crippen LogP contribution in [0.4, 0.5) is 4.79 Å². The number of benzene rings is 3. The quantitative estimate of drug-likeness (QED) is 0.496. The van der Waals surface area contributed by atoms with Gasteiger partial charge < -0.3 is 10.1 Å². The molecule has 2 aliphatic rings. The Bertz CT molecular complexity index is 1180. The molecule has 0 saturated carbocycles. The monoisotopic (exact) mass is 484 g/mol. The van der Waals surface area contributed by atoms with Crippen molar-refractivity contribution >= 4 is 11.9 Å². The van der Waals surface area contributed by atoms with Crippen LogP contribution in [0.5, 0.6) is 5.75 Å². The van der Waals surface area contributed by atoms with Crippen molar-refractivity contribution in [1.29, 1.82) is 0 Å². The van der Waals surface area contributed by atoms with E-state index < -0.39 is 5.54 Å². The van der Waals surface area contributed by atoms with Gasteiger partial charge in [0.15, 0.2) is 5.54 Å². The van der Waals surface area contributed by atoms with Gasteiger partial charge in [-0.05, 0) is 28.8 Å². The number of amides is 3. The van der Waals surface area contributed by atoms with Gasteiger partial charge in [-0.25, -0.2) is 9.69 Å². The lowest BCUT2D eigenvalue weighted by Crippen LogP contribution is -2.51. The van der Waals surface area contributed by atoms with Crippen molar-refractivity contribution in [2.75, 3.05) is 40.0 Å². The zero-order valence-corrected chi connectivity index (χ0v) is 20.6. The summed E-state index contributed by atoms with van der Waals surface area (Å²) in [6.45, 7) is 4.51. The molecular formula is C29H32N4O3. The van der Waals surface area contributed by atoms with Crippen molar-refractivity contribution in [3.63, 3.8) is 0 Å². The summed E-state index contributed by atoms with van der Waals surface area (Å²) < 4.78 is 5.24. The first-order valence-electron chi connectivity index (χ1n) is 12.4. The Morgan fingerprint density at radius 3 is 2.03 bits per heavy atom. The molecule has 2 saturated heterocycles. The lowest BCUT2D eigenvalue weighted by molar-refractivity contribution is -0.133. The molecule has 2 aliphatic heterocycles. The number of ether oxygens (including phenoxy) is 1. The van der Waals surface area contributed by atoms with Crippen LogP contribution in [-0.4, -0.2) is 66.6 Å². The Balaban J connectivity index is 1.25. The van der Waals surface area contributed by atoms with Gasteiger partial charge in [-0.1, -0.05) is 72.8 Å². The Morgan fingerprint density at radius 2 is 1.39 bits per heavy atom. The first-order chi connectivity index (χ1) is 17.6. The number of methoxy groups -OCH3 is 1. The van der Waals surface area contributed by atoms with Crippen molar-refractivity contribution in [3.05, 3.63) is 102 Å². The molecule has 3 aromatic rings. The Labute approximate surface area is 212 Å². The molecule has 7 heteroatoms. The number of imide groups is 1. The fourth-order valence-electron chi connectivity index (χ4n) is 5.07. The second kappa shape index (κ2) is 10.5. The number of carbonyl (C=O) groups is 2. The van der Waals surface area contributed by atoms with Gasteiger partial charge in [0, 0.05) is 39.1 Å². The van der Waals surface area contributed by atoms with Gasteiger partial charge in [-0.3, -0.25) is 14.6 Å². The second-order valence-corrected chi connectivity index (χ2v) is 9.48. The van der Waals surface area contributed by atoms with E-state index in [1.165, 1.54) is 10.5 Å². The van der Waals surface area contributed by atoms with E-state index in [1.807, 2.05) is 72.8 Å². The number of nitrogens with zero attached hydrogens (tertiary/aromatic N) is 3. The molecule has 1 unspecified atom stereocenters. The Kier molecular flexibility index (Phi) is 7.02. The predicted molar refractivity (Wildman–Crippen MR) is 138 cm³/mol. The highest BCUT2D eigenvalue weighted by Crippen LogP contribution is 2.33. The minimum Gasteiger partial charge on any atom is -0.497 e. The van der Waals surface area contributed by atoms with Crippen LogP contribution >= 0.6 is 0 Å². The number of hydrogen-bond donors (Lipinski definition) is 1. The summed E-state index contributed by atoms with van der Waals surface area (Å²) in [7, 11) is 1.67. The van der Waals surface area contributed by atoms with E-state index in [0.717, 1.165) is 49.6 Å². The molecule has 0 spiro atoms. The molecule has 2 fully saturated rings. The lowest BCUT2D eigenvalue weighted by atomic mass is 9.83. The largest absolute Gasteiger partial charge is 0.497 e. The van der Waals surface area contributed by atoms with E-state index in [-0.39, 0.29) is 11.9 Å². The molecule has 0 aromatic heterocycles. The molecule has 3 aromatic carbocycles. The lowest BCUT2D eigenvalue weighted by Gasteiger charge is -2.36. The molecule has 1 N–H and O–H groups in total. The minimum absolute atomic E-state index is 0.191. The highest BCUT2D eigenvalue weighted by Gasteiger charge is 2.52. The first kappa shape index (κ1) is 24.0. The molecular weight excluding hydrogens is 452 g/mol. The summed E-state index contributed by atoms with van der Waals surface area (Å²) in [5.41, 5.74) is 1.95. The van der Waals surface area contributed by atoms with Crippen molar-refractivity contribution in [2.24, 2.45) is 0 Å². The van der Waals surface area contributed by atoms with E-state index in [9.17, 15) is 9.59 Å². The van der Waals surface area contributed by atoms with Crippen LogP contribution in [0.1, 0.15) is 16.7 Å². The average Bonchev–Trinajstić information content (AvgIpc) is 3.16. The molecule has 0 aliphatic carbocycles. The van der Waals surface area contributed by atoms with E-state index in [2.05, 4.69) is 27.2 Å². The maximum Gasteiger partial charge on any atom is 0.326 e. The van der Waals surface area contributed by atoms with Crippen LogP contribution < -0.4 is 10.1 Å². The van der Waals surface area contributed by atoms with Gasteiger partial charge in [0.2, 0.25) is 0 Å². The third-order valence-corrected chi connectivity index (χ3v) is 7.13. The highest BCUT2D eigenvalue weighted by molar-refractivity contribution is 6.07. The van der Waals surface area contributed by atoms with Gasteiger partial charge in [-0.15, -0.1) is 0 Å². The average molecular weight is 485 g/mol. The van der Waals surface area contributed by atoms with Crippen LogP contribution in [0, 0.1) is 0 Å². The smallest absolute Gasteiger partial charge is 0.326 e. The highest BCUT2D eigenvalue weighted by atomic mass is 16.5. The molecule has 7 nitrogen and oxygen atoms in total. The standard InChI is InChI=1S/C29H32N4O3/c1-36-26-14-12-24(13-15-26)21-31-16-18-32(19-17-31)22-33-27(34)29(30-28(33)35,25-10-6-3-7-11-25)20-23-8-4-2-5-9-23/h2-15H,16-22H2,1H3,(H,30,35). The number of urea groups is 1. The number of nitrogens with one attached hydrogen (secondary N) is 1. The van der Waals surface area contributed by atoms with Crippen molar-refractivity contribution < 1.29 is 14.3 Å². The van der Waals surface area contributed by atoms with E-state index in [4.69, 9.17) is 4.74 Å². The topological polar surface area (TPSA) is 65.1 Å². The van der Waals surface area contributed by atoms with Crippen molar-refractivity contribution in [3.8, 4) is 5.75 Å². The van der Waals surface area contributed by atoms with Crippen LogP contribution in [0.25, 0.3) is 0 Å². The predicted octanol–water partition coefficient (Wildman–Crippen LogP) is 3.46. The number of piperazine rings is 1. The maximum atomic E-state index is 13.9. The van der Waals surface area contributed by atoms with E-state index in [0.29, 0.717) is 13.1 Å². The minimum atomic E-state index is -1.10. The summed E-state index contributed by atoms with van der Waals surface area (Å²) in [5.74, 6) is 0.666. The van der Waals surface area contributed by atoms with Crippen LogP contribution in [0.15, 0.2) is 84.9 Å². The molecule has 2 heterocycles. The van der Waals surface area contributed by atoms with Crippen molar-refractivity contribution in [2.45, 2.75) is 18.5 Å². The van der Waals surface area contributed by atoms with Gasteiger partial charge in [-0.2, -0.15) is 0 Å². The summed E-state index contributed by atoms with van der Waals surface area (Å²) in [5, 5.41) is 3.06. The summed E-state index contributed by atoms with van der Waals surface area (Å²) >= 11 is 0. The third-order valence-electron chi connectivity index (χ3n) is 7.13. The van der Waals surface area contributed by atoms with Gasteiger partial charge in [0.25, 0.3) is 5.91 Å². The van der Waals surface area contributed by atoms with Crippen LogP contribution in [0.3, 0.4) is 0 Å². The number of hydrogen-bond acceptors (Lipinski definition) is 5. The number of rotatable bonds is 8.